The molecule has 0 atom stereocenters. The van der Waals surface area contributed by atoms with E-state index in [1.54, 1.807) is 0 Å². The largest absolute Gasteiger partial charge is 0.379 e. The van der Waals surface area contributed by atoms with Gasteiger partial charge in [0.25, 0.3) is 0 Å². The van der Waals surface area contributed by atoms with Crippen molar-refractivity contribution in [2.24, 2.45) is 0 Å². The van der Waals surface area contributed by atoms with Crippen LogP contribution in [0.25, 0.3) is 0 Å². The zero-order chi connectivity index (χ0) is 15.2. The van der Waals surface area contributed by atoms with E-state index in [1.165, 1.54) is 25.2 Å². The van der Waals surface area contributed by atoms with Gasteiger partial charge in [0.2, 0.25) is 0 Å². The van der Waals surface area contributed by atoms with Crippen molar-refractivity contribution in [3.8, 4) is 0 Å². The molecule has 0 N–H and O–H groups in total. The van der Waals surface area contributed by atoms with Crippen molar-refractivity contribution in [2.45, 2.75) is 6.42 Å². The monoisotopic (exact) mass is 323 g/mol. The van der Waals surface area contributed by atoms with E-state index < -0.39 is 0 Å². The summed E-state index contributed by atoms with van der Waals surface area (Å²) in [5.74, 6) is 0. The fraction of sp³-hybridized carbons (Fsp3) is 0.647. The summed E-state index contributed by atoms with van der Waals surface area (Å²) in [6.45, 7) is 11.0. The number of benzene rings is 1. The second kappa shape index (κ2) is 8.16. The van der Waals surface area contributed by atoms with E-state index in [0.29, 0.717) is 0 Å². The van der Waals surface area contributed by atoms with E-state index >= 15 is 0 Å². The zero-order valence-electron chi connectivity index (χ0n) is 13.2. The summed E-state index contributed by atoms with van der Waals surface area (Å²) >= 11 is 5.96. The number of hydrogen-bond acceptors (Lipinski definition) is 4. The van der Waals surface area contributed by atoms with E-state index in [9.17, 15) is 0 Å². The number of ether oxygens (including phenoxy) is 1. The van der Waals surface area contributed by atoms with Crippen LogP contribution in [0.1, 0.15) is 6.42 Å². The molecule has 0 spiro atoms. The van der Waals surface area contributed by atoms with E-state index in [1.807, 2.05) is 12.1 Å². The summed E-state index contributed by atoms with van der Waals surface area (Å²) in [6, 6.07) is 8.20. The Bertz CT molecular complexity index is 440. The minimum absolute atomic E-state index is 0.811. The second-order valence-electron chi connectivity index (χ2n) is 6.11. The molecule has 0 aliphatic carbocycles. The van der Waals surface area contributed by atoms with Crippen molar-refractivity contribution < 1.29 is 4.74 Å². The first kappa shape index (κ1) is 16.1. The van der Waals surface area contributed by atoms with E-state index in [0.717, 1.165) is 57.5 Å². The van der Waals surface area contributed by atoms with Gasteiger partial charge in [0.05, 0.1) is 13.2 Å². The molecular formula is C17H26ClN3O. The summed E-state index contributed by atoms with van der Waals surface area (Å²) < 4.78 is 5.39. The van der Waals surface area contributed by atoms with Crippen LogP contribution in [0.5, 0.6) is 0 Å². The molecule has 0 aromatic heterocycles. The predicted molar refractivity (Wildman–Crippen MR) is 92.0 cm³/mol. The first-order chi connectivity index (χ1) is 10.8. The van der Waals surface area contributed by atoms with Gasteiger partial charge in [-0.25, -0.2) is 0 Å². The van der Waals surface area contributed by atoms with Crippen LogP contribution < -0.4 is 4.90 Å². The standard InChI is InChI=1S/C17H26ClN3O/c18-16-2-4-17(5-3-16)21-10-8-19(9-11-21)6-1-7-20-12-14-22-15-13-20/h2-5H,1,6-15H2. The van der Waals surface area contributed by atoms with E-state index in [4.69, 9.17) is 16.3 Å². The van der Waals surface area contributed by atoms with Gasteiger partial charge in [0.15, 0.2) is 0 Å². The maximum absolute atomic E-state index is 5.96. The van der Waals surface area contributed by atoms with Crippen molar-refractivity contribution in [1.82, 2.24) is 9.80 Å². The molecule has 2 heterocycles. The van der Waals surface area contributed by atoms with Gasteiger partial charge < -0.3 is 9.64 Å². The minimum atomic E-state index is 0.811. The molecular weight excluding hydrogens is 298 g/mol. The van der Waals surface area contributed by atoms with Crippen molar-refractivity contribution in [1.29, 1.82) is 0 Å². The van der Waals surface area contributed by atoms with E-state index in [2.05, 4.69) is 26.8 Å². The lowest BCUT2D eigenvalue weighted by molar-refractivity contribution is 0.0360. The first-order valence-electron chi connectivity index (χ1n) is 8.34. The highest BCUT2D eigenvalue weighted by Gasteiger charge is 2.17. The highest BCUT2D eigenvalue weighted by atomic mass is 35.5. The normalized spacial score (nSPS) is 21.2. The van der Waals surface area contributed by atoms with Crippen LogP contribution in [-0.2, 0) is 4.74 Å². The molecule has 0 bridgehead atoms. The Labute approximate surface area is 138 Å². The van der Waals surface area contributed by atoms with Crippen LogP contribution >= 0.6 is 11.6 Å². The summed E-state index contributed by atoms with van der Waals surface area (Å²) in [6.07, 6.45) is 1.26. The molecule has 2 saturated heterocycles. The predicted octanol–water partition coefficient (Wildman–Crippen LogP) is 2.18. The summed E-state index contributed by atoms with van der Waals surface area (Å²) in [7, 11) is 0. The van der Waals surface area contributed by atoms with Crippen molar-refractivity contribution in [3.05, 3.63) is 29.3 Å². The van der Waals surface area contributed by atoms with Crippen molar-refractivity contribution in [2.75, 3.05) is 70.5 Å². The van der Waals surface area contributed by atoms with Gasteiger partial charge in [0.1, 0.15) is 0 Å². The Morgan fingerprint density at radius 2 is 1.41 bits per heavy atom. The fourth-order valence-corrected chi connectivity index (χ4v) is 3.35. The number of nitrogens with zero attached hydrogens (tertiary/aromatic N) is 3. The highest BCUT2D eigenvalue weighted by Crippen LogP contribution is 2.19. The minimum Gasteiger partial charge on any atom is -0.379 e. The molecule has 0 unspecified atom stereocenters. The molecule has 0 saturated carbocycles. The number of piperazine rings is 1. The molecule has 2 fully saturated rings. The second-order valence-corrected chi connectivity index (χ2v) is 6.55. The van der Waals surface area contributed by atoms with Crippen LogP contribution in [0.4, 0.5) is 5.69 Å². The molecule has 22 heavy (non-hydrogen) atoms. The lowest BCUT2D eigenvalue weighted by atomic mass is 10.2. The van der Waals surface area contributed by atoms with Gasteiger partial charge in [-0.2, -0.15) is 0 Å². The quantitative estimate of drug-likeness (QED) is 0.826. The lowest BCUT2D eigenvalue weighted by Gasteiger charge is -2.36. The van der Waals surface area contributed by atoms with Gasteiger partial charge in [0, 0.05) is 50.0 Å². The van der Waals surface area contributed by atoms with Crippen LogP contribution in [0, 0.1) is 0 Å². The molecule has 122 valence electrons. The van der Waals surface area contributed by atoms with E-state index in [-0.39, 0.29) is 0 Å². The van der Waals surface area contributed by atoms with Crippen LogP contribution in [0.2, 0.25) is 5.02 Å². The number of rotatable bonds is 5. The summed E-state index contributed by atoms with van der Waals surface area (Å²) in [5.41, 5.74) is 1.29. The Hall–Kier alpha value is -0.810. The number of morpholine rings is 1. The highest BCUT2D eigenvalue weighted by molar-refractivity contribution is 6.30. The van der Waals surface area contributed by atoms with Gasteiger partial charge in [-0.05, 0) is 43.8 Å². The molecule has 3 rings (SSSR count). The third-order valence-corrected chi connectivity index (χ3v) is 4.87. The van der Waals surface area contributed by atoms with Gasteiger partial charge >= 0.3 is 0 Å². The topological polar surface area (TPSA) is 19.0 Å². The molecule has 2 aliphatic heterocycles. The van der Waals surface area contributed by atoms with Gasteiger partial charge in [-0.3, -0.25) is 9.80 Å². The Kier molecular flexibility index (Phi) is 5.96. The van der Waals surface area contributed by atoms with Crippen LogP contribution in [-0.4, -0.2) is 75.4 Å². The number of hydrogen-bond donors (Lipinski definition) is 0. The molecule has 0 radical (unpaired) electrons. The number of anilines is 1. The Morgan fingerprint density at radius 3 is 2.05 bits per heavy atom. The molecule has 5 heteroatoms. The Morgan fingerprint density at radius 1 is 0.818 bits per heavy atom. The average Bonchev–Trinajstić information content (AvgIpc) is 2.57. The Balaban J connectivity index is 1.35. The third kappa shape index (κ3) is 4.59. The van der Waals surface area contributed by atoms with Crippen LogP contribution in [0.15, 0.2) is 24.3 Å². The maximum Gasteiger partial charge on any atom is 0.0594 e. The van der Waals surface area contributed by atoms with Gasteiger partial charge in [-0.1, -0.05) is 11.6 Å². The van der Waals surface area contributed by atoms with Crippen molar-refractivity contribution in [3.63, 3.8) is 0 Å². The lowest BCUT2D eigenvalue weighted by Crippen LogP contribution is -2.47. The average molecular weight is 324 g/mol. The zero-order valence-corrected chi connectivity index (χ0v) is 14.0. The summed E-state index contributed by atoms with van der Waals surface area (Å²) in [4.78, 5) is 7.56. The fourth-order valence-electron chi connectivity index (χ4n) is 3.22. The third-order valence-electron chi connectivity index (χ3n) is 4.62. The maximum atomic E-state index is 5.96. The first-order valence-corrected chi connectivity index (χ1v) is 8.72. The number of halogens is 1. The SMILES string of the molecule is Clc1ccc(N2CCN(CCCN3CCOCC3)CC2)cc1. The smallest absolute Gasteiger partial charge is 0.0594 e. The van der Waals surface area contributed by atoms with Crippen LogP contribution in [0.3, 0.4) is 0 Å². The summed E-state index contributed by atoms with van der Waals surface area (Å²) in [5, 5.41) is 0.811. The molecule has 1 aromatic carbocycles. The molecule has 4 nitrogen and oxygen atoms in total. The molecule has 2 aliphatic rings. The molecule has 0 amide bonds. The molecule has 1 aromatic rings. The van der Waals surface area contributed by atoms with Crippen molar-refractivity contribution >= 4 is 17.3 Å². The van der Waals surface area contributed by atoms with Gasteiger partial charge in [-0.15, -0.1) is 0 Å².